The maximum atomic E-state index is 10.8. The molecule has 0 saturated carbocycles. The lowest BCUT2D eigenvalue weighted by atomic mass is 9.96. The zero-order valence-corrected chi connectivity index (χ0v) is 12.0. The molecule has 5 heteroatoms. The van der Waals surface area contributed by atoms with Gasteiger partial charge in [-0.2, -0.15) is 0 Å². The zero-order valence-electron chi connectivity index (χ0n) is 11.2. The summed E-state index contributed by atoms with van der Waals surface area (Å²) in [7, 11) is 0. The predicted octanol–water partition coefficient (Wildman–Crippen LogP) is 1.55. The minimum absolute atomic E-state index is 0.000137. The number of aliphatic hydroxyl groups is 3. The Morgan fingerprint density at radius 2 is 2.05 bits per heavy atom. The molecular weight excluding hydrogens is 264 g/mol. The Bertz CT molecular complexity index is 433. The van der Waals surface area contributed by atoms with Crippen molar-refractivity contribution < 1.29 is 20.1 Å². The van der Waals surface area contributed by atoms with Crippen molar-refractivity contribution in [3.63, 3.8) is 0 Å². The van der Waals surface area contributed by atoms with Gasteiger partial charge in [0.05, 0.1) is 12.7 Å². The highest BCUT2D eigenvalue weighted by Crippen LogP contribution is 2.24. The SMILES string of the molecule is CC(=O)SCCC(O)C(O)c1cc(CO)ccc1C. The van der Waals surface area contributed by atoms with Crippen LogP contribution in [0.2, 0.25) is 0 Å². The van der Waals surface area contributed by atoms with E-state index in [0.717, 1.165) is 17.3 Å². The molecule has 1 rings (SSSR count). The quantitative estimate of drug-likeness (QED) is 0.739. The molecule has 2 unspecified atom stereocenters. The minimum atomic E-state index is -1.00. The third kappa shape index (κ3) is 4.95. The number of rotatable bonds is 6. The average Bonchev–Trinajstić information content (AvgIpc) is 2.38. The molecule has 0 heterocycles. The van der Waals surface area contributed by atoms with E-state index in [-0.39, 0.29) is 11.7 Å². The van der Waals surface area contributed by atoms with Crippen molar-refractivity contribution in [1.29, 1.82) is 0 Å². The van der Waals surface area contributed by atoms with E-state index < -0.39 is 12.2 Å². The van der Waals surface area contributed by atoms with Crippen LogP contribution in [-0.2, 0) is 11.4 Å². The molecule has 0 aromatic heterocycles. The van der Waals surface area contributed by atoms with E-state index in [0.29, 0.717) is 23.3 Å². The number of carbonyl (C=O) groups excluding carboxylic acids is 1. The minimum Gasteiger partial charge on any atom is -0.392 e. The van der Waals surface area contributed by atoms with Crippen LogP contribution in [0.3, 0.4) is 0 Å². The Kier molecular flexibility index (Phi) is 6.51. The van der Waals surface area contributed by atoms with Crippen molar-refractivity contribution in [2.75, 3.05) is 5.75 Å². The zero-order chi connectivity index (χ0) is 14.4. The molecular formula is C14H20O4S. The summed E-state index contributed by atoms with van der Waals surface area (Å²) >= 11 is 1.13. The molecule has 0 aliphatic heterocycles. The first-order chi connectivity index (χ1) is 8.95. The summed E-state index contributed by atoms with van der Waals surface area (Å²) in [6, 6.07) is 5.28. The van der Waals surface area contributed by atoms with E-state index in [1.54, 1.807) is 18.2 Å². The number of hydrogen-bond donors (Lipinski definition) is 3. The molecule has 0 radical (unpaired) electrons. The van der Waals surface area contributed by atoms with Gasteiger partial charge >= 0.3 is 0 Å². The van der Waals surface area contributed by atoms with Crippen LogP contribution in [0, 0.1) is 6.92 Å². The first kappa shape index (κ1) is 16.2. The Hall–Kier alpha value is -0.880. The van der Waals surface area contributed by atoms with Crippen molar-refractivity contribution >= 4 is 16.9 Å². The van der Waals surface area contributed by atoms with Gasteiger partial charge in [-0.05, 0) is 30.0 Å². The van der Waals surface area contributed by atoms with Crippen molar-refractivity contribution in [1.82, 2.24) is 0 Å². The molecule has 0 amide bonds. The number of hydrogen-bond acceptors (Lipinski definition) is 5. The smallest absolute Gasteiger partial charge is 0.185 e. The van der Waals surface area contributed by atoms with Crippen LogP contribution in [0.4, 0.5) is 0 Å². The van der Waals surface area contributed by atoms with Gasteiger partial charge in [0.15, 0.2) is 5.12 Å². The van der Waals surface area contributed by atoms with Crippen LogP contribution in [0.15, 0.2) is 18.2 Å². The van der Waals surface area contributed by atoms with E-state index >= 15 is 0 Å². The fraction of sp³-hybridized carbons (Fsp3) is 0.500. The maximum Gasteiger partial charge on any atom is 0.185 e. The van der Waals surface area contributed by atoms with E-state index in [1.165, 1.54) is 6.92 Å². The maximum absolute atomic E-state index is 10.8. The first-order valence-electron chi connectivity index (χ1n) is 6.15. The summed E-state index contributed by atoms with van der Waals surface area (Å²) in [6.45, 7) is 3.22. The molecule has 106 valence electrons. The predicted molar refractivity (Wildman–Crippen MR) is 75.8 cm³/mol. The van der Waals surface area contributed by atoms with E-state index in [9.17, 15) is 15.0 Å². The van der Waals surface area contributed by atoms with E-state index in [1.807, 2.05) is 6.92 Å². The van der Waals surface area contributed by atoms with Crippen LogP contribution < -0.4 is 0 Å². The Morgan fingerprint density at radius 3 is 2.63 bits per heavy atom. The summed E-state index contributed by atoms with van der Waals surface area (Å²) < 4.78 is 0. The molecule has 1 aromatic carbocycles. The molecule has 4 nitrogen and oxygen atoms in total. The van der Waals surface area contributed by atoms with Gasteiger partial charge < -0.3 is 15.3 Å². The van der Waals surface area contributed by atoms with Crippen molar-refractivity contribution in [2.45, 2.75) is 39.1 Å². The molecule has 0 saturated heterocycles. The Morgan fingerprint density at radius 1 is 1.37 bits per heavy atom. The number of thioether (sulfide) groups is 1. The summed E-state index contributed by atoms with van der Waals surface area (Å²) in [5.74, 6) is 0.478. The normalized spacial score (nSPS) is 14.2. The van der Waals surface area contributed by atoms with Gasteiger partial charge in [0.1, 0.15) is 6.10 Å². The van der Waals surface area contributed by atoms with Crippen molar-refractivity contribution in [2.24, 2.45) is 0 Å². The fourth-order valence-electron chi connectivity index (χ4n) is 1.80. The highest BCUT2D eigenvalue weighted by atomic mass is 32.2. The Balaban J connectivity index is 2.70. The molecule has 19 heavy (non-hydrogen) atoms. The number of aliphatic hydroxyl groups excluding tert-OH is 3. The lowest BCUT2D eigenvalue weighted by Gasteiger charge is -2.20. The molecule has 0 aliphatic rings. The highest BCUT2D eigenvalue weighted by molar-refractivity contribution is 8.13. The van der Waals surface area contributed by atoms with Gasteiger partial charge in [0, 0.05) is 12.7 Å². The number of aryl methyl sites for hydroxylation is 1. The van der Waals surface area contributed by atoms with Gasteiger partial charge in [-0.15, -0.1) is 0 Å². The largest absolute Gasteiger partial charge is 0.392 e. The lowest BCUT2D eigenvalue weighted by molar-refractivity contribution is -0.109. The topological polar surface area (TPSA) is 77.8 Å². The third-order valence-electron chi connectivity index (χ3n) is 2.93. The van der Waals surface area contributed by atoms with Gasteiger partial charge in [0.25, 0.3) is 0 Å². The van der Waals surface area contributed by atoms with Crippen LogP contribution >= 0.6 is 11.8 Å². The lowest BCUT2D eigenvalue weighted by Crippen LogP contribution is -2.20. The summed E-state index contributed by atoms with van der Waals surface area (Å²) in [6.07, 6.45) is -1.58. The van der Waals surface area contributed by atoms with Crippen LogP contribution in [0.5, 0.6) is 0 Å². The second kappa shape index (κ2) is 7.65. The second-order valence-electron chi connectivity index (χ2n) is 4.49. The fourth-order valence-corrected chi connectivity index (χ4v) is 2.44. The van der Waals surface area contributed by atoms with Crippen LogP contribution in [0.1, 0.15) is 36.1 Å². The van der Waals surface area contributed by atoms with Gasteiger partial charge in [-0.25, -0.2) is 0 Å². The second-order valence-corrected chi connectivity index (χ2v) is 5.76. The molecule has 0 fully saturated rings. The standard InChI is InChI=1S/C14H20O4S/c1-9-3-4-11(8-15)7-12(9)14(18)13(17)5-6-19-10(2)16/h3-4,7,13-15,17-18H,5-6,8H2,1-2H3. The van der Waals surface area contributed by atoms with Crippen LogP contribution in [-0.4, -0.2) is 32.3 Å². The molecule has 0 bridgehead atoms. The van der Waals surface area contributed by atoms with Gasteiger partial charge in [-0.1, -0.05) is 30.0 Å². The van der Waals surface area contributed by atoms with E-state index in [2.05, 4.69) is 0 Å². The van der Waals surface area contributed by atoms with E-state index in [4.69, 9.17) is 5.11 Å². The third-order valence-corrected chi connectivity index (χ3v) is 3.77. The van der Waals surface area contributed by atoms with Gasteiger partial charge in [-0.3, -0.25) is 4.79 Å². The molecule has 2 atom stereocenters. The highest BCUT2D eigenvalue weighted by Gasteiger charge is 2.20. The number of benzene rings is 1. The summed E-state index contributed by atoms with van der Waals surface area (Å²) in [5, 5.41) is 29.2. The summed E-state index contributed by atoms with van der Waals surface area (Å²) in [4.78, 5) is 10.8. The van der Waals surface area contributed by atoms with Gasteiger partial charge in [0.2, 0.25) is 0 Å². The first-order valence-corrected chi connectivity index (χ1v) is 7.14. The van der Waals surface area contributed by atoms with Crippen molar-refractivity contribution in [3.05, 3.63) is 34.9 Å². The molecule has 3 N–H and O–H groups in total. The average molecular weight is 284 g/mol. The monoisotopic (exact) mass is 284 g/mol. The van der Waals surface area contributed by atoms with Crippen LogP contribution in [0.25, 0.3) is 0 Å². The molecule has 0 spiro atoms. The number of carbonyl (C=O) groups is 1. The van der Waals surface area contributed by atoms with Crippen molar-refractivity contribution in [3.8, 4) is 0 Å². The molecule has 0 aliphatic carbocycles. The summed E-state index contributed by atoms with van der Waals surface area (Å²) in [5.41, 5.74) is 2.18. The molecule has 1 aromatic rings. The Labute approximate surface area is 117 Å².